The van der Waals surface area contributed by atoms with Crippen molar-refractivity contribution in [2.24, 2.45) is 5.92 Å². The molecular weight excluding hydrogens is 232 g/mol. The zero-order valence-electron chi connectivity index (χ0n) is 12.8. The first-order valence-corrected chi connectivity index (χ1v) is 7.65. The molecule has 0 aliphatic carbocycles. The Labute approximate surface area is 118 Å². The van der Waals surface area contributed by atoms with E-state index in [1.807, 2.05) is 0 Å². The highest BCUT2D eigenvalue weighted by atomic mass is 15.2. The van der Waals surface area contributed by atoms with Gasteiger partial charge in [0.1, 0.15) is 0 Å². The van der Waals surface area contributed by atoms with Gasteiger partial charge in [0.2, 0.25) is 0 Å². The number of nitrogens with one attached hydrogen (secondary N) is 1. The van der Waals surface area contributed by atoms with Crippen molar-refractivity contribution in [2.45, 2.75) is 51.7 Å². The van der Waals surface area contributed by atoms with Gasteiger partial charge in [-0.3, -0.25) is 4.90 Å². The maximum absolute atomic E-state index is 3.54. The molecule has 1 saturated heterocycles. The quantitative estimate of drug-likeness (QED) is 0.872. The minimum Gasteiger partial charge on any atom is -0.312 e. The van der Waals surface area contributed by atoms with Gasteiger partial charge in [-0.05, 0) is 38.3 Å². The van der Waals surface area contributed by atoms with Crippen LogP contribution in [0.15, 0.2) is 30.3 Å². The van der Waals surface area contributed by atoms with Gasteiger partial charge in [0.25, 0.3) is 0 Å². The molecule has 1 heterocycles. The number of benzene rings is 1. The second-order valence-electron chi connectivity index (χ2n) is 6.04. The molecule has 1 aliphatic rings. The van der Waals surface area contributed by atoms with E-state index in [1.165, 1.54) is 24.9 Å². The molecule has 0 spiro atoms. The molecular formula is C17H28N2. The molecule has 2 nitrogen and oxygen atoms in total. The molecule has 19 heavy (non-hydrogen) atoms. The van der Waals surface area contributed by atoms with Crippen molar-refractivity contribution in [1.82, 2.24) is 10.2 Å². The molecule has 0 amide bonds. The largest absolute Gasteiger partial charge is 0.312 e. The highest BCUT2D eigenvalue weighted by molar-refractivity contribution is 5.21. The third-order valence-corrected chi connectivity index (χ3v) is 4.53. The van der Waals surface area contributed by atoms with Crippen LogP contribution < -0.4 is 5.32 Å². The average Bonchev–Trinajstić information content (AvgIpc) is 2.75. The first-order chi connectivity index (χ1) is 9.17. The lowest BCUT2D eigenvalue weighted by Gasteiger charge is -2.37. The van der Waals surface area contributed by atoms with Crippen molar-refractivity contribution >= 4 is 0 Å². The topological polar surface area (TPSA) is 15.3 Å². The fourth-order valence-electron chi connectivity index (χ4n) is 3.70. The van der Waals surface area contributed by atoms with Crippen LogP contribution in [0.2, 0.25) is 0 Å². The average molecular weight is 260 g/mol. The summed E-state index contributed by atoms with van der Waals surface area (Å²) in [4.78, 5) is 2.71. The van der Waals surface area contributed by atoms with E-state index in [0.717, 1.165) is 5.92 Å². The second-order valence-corrected chi connectivity index (χ2v) is 6.04. The van der Waals surface area contributed by atoms with Crippen molar-refractivity contribution in [1.29, 1.82) is 0 Å². The van der Waals surface area contributed by atoms with Crippen molar-refractivity contribution in [2.75, 3.05) is 13.6 Å². The summed E-state index contributed by atoms with van der Waals surface area (Å²) in [6, 6.07) is 12.6. The first kappa shape index (κ1) is 14.5. The van der Waals surface area contributed by atoms with E-state index in [0.29, 0.717) is 18.1 Å². The summed E-state index contributed by atoms with van der Waals surface area (Å²) in [7, 11) is 2.09. The standard InChI is InChI=1S/C17H28N2/c1-5-16(19-12-13(2)11-14(19)3)17(18-4)15-9-7-6-8-10-15/h6-10,13-14,16-18H,5,11-12H2,1-4H3. The summed E-state index contributed by atoms with van der Waals surface area (Å²) in [5, 5.41) is 3.54. The summed E-state index contributed by atoms with van der Waals surface area (Å²) in [5.41, 5.74) is 1.41. The summed E-state index contributed by atoms with van der Waals surface area (Å²) in [6.07, 6.45) is 2.53. The highest BCUT2D eigenvalue weighted by Crippen LogP contribution is 2.31. The molecule has 0 saturated carbocycles. The van der Waals surface area contributed by atoms with Crippen LogP contribution in [0, 0.1) is 5.92 Å². The summed E-state index contributed by atoms with van der Waals surface area (Å²) in [5.74, 6) is 0.831. The summed E-state index contributed by atoms with van der Waals surface area (Å²) < 4.78 is 0. The molecule has 1 fully saturated rings. The van der Waals surface area contributed by atoms with E-state index >= 15 is 0 Å². The molecule has 1 N–H and O–H groups in total. The van der Waals surface area contributed by atoms with Gasteiger partial charge in [-0.1, -0.05) is 44.2 Å². The van der Waals surface area contributed by atoms with E-state index in [-0.39, 0.29) is 0 Å². The van der Waals surface area contributed by atoms with Crippen LogP contribution in [0.5, 0.6) is 0 Å². The normalized spacial score (nSPS) is 27.4. The maximum atomic E-state index is 3.54. The number of hydrogen-bond donors (Lipinski definition) is 1. The SMILES string of the molecule is CCC(C(NC)c1ccccc1)N1CC(C)CC1C. The third kappa shape index (κ3) is 3.18. The Morgan fingerprint density at radius 2 is 1.95 bits per heavy atom. The number of nitrogens with zero attached hydrogens (tertiary/aromatic N) is 1. The minimum atomic E-state index is 0.430. The molecule has 4 unspecified atom stereocenters. The molecule has 1 aromatic rings. The Kier molecular flexibility index (Phi) is 5.00. The van der Waals surface area contributed by atoms with E-state index < -0.39 is 0 Å². The number of rotatable bonds is 5. The lowest BCUT2D eigenvalue weighted by Crippen LogP contribution is -2.45. The smallest absolute Gasteiger partial charge is 0.0475 e. The van der Waals surface area contributed by atoms with Gasteiger partial charge in [0.05, 0.1) is 0 Å². The lowest BCUT2D eigenvalue weighted by atomic mass is 9.95. The van der Waals surface area contributed by atoms with Gasteiger partial charge < -0.3 is 5.32 Å². The molecule has 2 heteroatoms. The Morgan fingerprint density at radius 3 is 2.42 bits per heavy atom. The number of likely N-dealkylation sites (N-methyl/N-ethyl adjacent to an activating group) is 1. The second kappa shape index (κ2) is 6.53. The third-order valence-electron chi connectivity index (χ3n) is 4.53. The van der Waals surface area contributed by atoms with Crippen LogP contribution in [0.1, 0.15) is 45.2 Å². The Balaban J connectivity index is 2.20. The molecule has 0 radical (unpaired) electrons. The fourth-order valence-corrected chi connectivity index (χ4v) is 3.70. The predicted molar refractivity (Wildman–Crippen MR) is 82.3 cm³/mol. The summed E-state index contributed by atoms with van der Waals surface area (Å²) >= 11 is 0. The first-order valence-electron chi connectivity index (χ1n) is 7.65. The molecule has 1 aromatic carbocycles. The fraction of sp³-hybridized carbons (Fsp3) is 0.647. The number of likely N-dealkylation sites (tertiary alicyclic amines) is 1. The van der Waals surface area contributed by atoms with Crippen LogP contribution in [0.3, 0.4) is 0 Å². The highest BCUT2D eigenvalue weighted by Gasteiger charge is 2.34. The van der Waals surface area contributed by atoms with E-state index in [4.69, 9.17) is 0 Å². The van der Waals surface area contributed by atoms with Crippen molar-refractivity contribution in [3.8, 4) is 0 Å². The molecule has 0 bridgehead atoms. The van der Waals surface area contributed by atoms with Gasteiger partial charge in [0, 0.05) is 24.7 Å². The Bertz CT molecular complexity index is 376. The van der Waals surface area contributed by atoms with Crippen LogP contribution in [-0.4, -0.2) is 30.6 Å². The van der Waals surface area contributed by atoms with Gasteiger partial charge in [-0.25, -0.2) is 0 Å². The van der Waals surface area contributed by atoms with Crippen LogP contribution in [0.25, 0.3) is 0 Å². The summed E-state index contributed by atoms with van der Waals surface area (Å²) in [6.45, 7) is 8.31. The van der Waals surface area contributed by atoms with E-state index in [9.17, 15) is 0 Å². The zero-order chi connectivity index (χ0) is 13.8. The van der Waals surface area contributed by atoms with Crippen molar-refractivity contribution in [3.05, 3.63) is 35.9 Å². The zero-order valence-corrected chi connectivity index (χ0v) is 12.8. The van der Waals surface area contributed by atoms with E-state index in [1.54, 1.807) is 0 Å². The van der Waals surface area contributed by atoms with Crippen molar-refractivity contribution in [3.63, 3.8) is 0 Å². The van der Waals surface area contributed by atoms with E-state index in [2.05, 4.69) is 68.4 Å². The monoisotopic (exact) mass is 260 g/mol. The predicted octanol–water partition coefficient (Wildman–Crippen LogP) is 3.46. The van der Waals surface area contributed by atoms with Gasteiger partial charge in [0.15, 0.2) is 0 Å². The molecule has 106 valence electrons. The van der Waals surface area contributed by atoms with Crippen LogP contribution in [-0.2, 0) is 0 Å². The Hall–Kier alpha value is -0.860. The maximum Gasteiger partial charge on any atom is 0.0475 e. The molecule has 2 rings (SSSR count). The molecule has 4 atom stereocenters. The lowest BCUT2D eigenvalue weighted by molar-refractivity contribution is 0.146. The minimum absolute atomic E-state index is 0.430. The Morgan fingerprint density at radius 1 is 1.26 bits per heavy atom. The van der Waals surface area contributed by atoms with Gasteiger partial charge in [-0.15, -0.1) is 0 Å². The number of hydrogen-bond acceptors (Lipinski definition) is 2. The van der Waals surface area contributed by atoms with Crippen LogP contribution >= 0.6 is 0 Å². The van der Waals surface area contributed by atoms with Gasteiger partial charge in [-0.2, -0.15) is 0 Å². The van der Waals surface area contributed by atoms with Crippen molar-refractivity contribution < 1.29 is 0 Å². The van der Waals surface area contributed by atoms with Gasteiger partial charge >= 0.3 is 0 Å². The van der Waals surface area contributed by atoms with Crippen LogP contribution in [0.4, 0.5) is 0 Å². The molecule has 1 aliphatic heterocycles. The molecule has 0 aromatic heterocycles.